The van der Waals surface area contributed by atoms with E-state index in [1.807, 2.05) is 78.7 Å². The number of hydrogen-bond donors (Lipinski definition) is 1. The molecule has 0 aliphatic carbocycles. The lowest BCUT2D eigenvalue weighted by Gasteiger charge is -2.13. The normalized spacial score (nSPS) is 10.8. The number of nitrogens with zero attached hydrogens (tertiary/aromatic N) is 4. The molecule has 0 saturated carbocycles. The van der Waals surface area contributed by atoms with Crippen LogP contribution < -0.4 is 5.32 Å². The van der Waals surface area contributed by atoms with Gasteiger partial charge in [-0.05, 0) is 69.3 Å². The first kappa shape index (κ1) is 17.7. The fourth-order valence-electron chi connectivity index (χ4n) is 3.23. The Morgan fingerprint density at radius 3 is 2.29 bits per heavy atom. The van der Waals surface area contributed by atoms with Crippen molar-refractivity contribution in [3.8, 4) is 11.4 Å². The van der Waals surface area contributed by atoms with Crippen LogP contribution in [0.5, 0.6) is 0 Å². The van der Waals surface area contributed by atoms with Gasteiger partial charge in [-0.25, -0.2) is 9.36 Å². The molecule has 0 saturated heterocycles. The third kappa shape index (κ3) is 3.32. The van der Waals surface area contributed by atoms with Crippen LogP contribution in [0.1, 0.15) is 27.4 Å². The Hall–Kier alpha value is -3.67. The van der Waals surface area contributed by atoms with Crippen LogP contribution in [-0.2, 0) is 0 Å². The van der Waals surface area contributed by atoms with Crippen molar-refractivity contribution in [3.05, 3.63) is 89.5 Å². The summed E-state index contributed by atoms with van der Waals surface area (Å²) >= 11 is 0. The summed E-state index contributed by atoms with van der Waals surface area (Å²) in [5.74, 6) is -0.169. The molecule has 0 spiro atoms. The molecule has 28 heavy (non-hydrogen) atoms. The Labute approximate surface area is 163 Å². The average Bonchev–Trinajstić information content (AvgIpc) is 3.27. The smallest absolute Gasteiger partial charge is 0.255 e. The van der Waals surface area contributed by atoms with Gasteiger partial charge in [0.1, 0.15) is 0 Å². The number of para-hydroxylation sites is 2. The first-order valence-electron chi connectivity index (χ1n) is 9.08. The summed E-state index contributed by atoms with van der Waals surface area (Å²) in [6.07, 6.45) is 1.76. The van der Waals surface area contributed by atoms with E-state index in [-0.39, 0.29) is 5.91 Å². The standard InChI is InChI=1S/C22H21N5O/c1-15-14-17(3)27(25-15)21-7-5-4-6-20(21)24-22(28)18-8-10-19(11-9-18)26-16(2)12-13-23-26/h4-14H,1-3H3,(H,24,28). The summed E-state index contributed by atoms with van der Waals surface area (Å²) in [6, 6.07) is 19.0. The second-order valence-corrected chi connectivity index (χ2v) is 6.74. The zero-order chi connectivity index (χ0) is 19.7. The number of rotatable bonds is 4. The van der Waals surface area contributed by atoms with Crippen LogP contribution in [0.2, 0.25) is 0 Å². The SMILES string of the molecule is Cc1cc(C)n(-c2ccccc2NC(=O)c2ccc(-n3nccc3C)cc2)n1. The highest BCUT2D eigenvalue weighted by atomic mass is 16.1. The summed E-state index contributed by atoms with van der Waals surface area (Å²) in [4.78, 5) is 12.8. The van der Waals surface area contributed by atoms with E-state index in [1.165, 1.54) is 0 Å². The molecule has 2 heterocycles. The first-order chi connectivity index (χ1) is 13.5. The van der Waals surface area contributed by atoms with Gasteiger partial charge in [0, 0.05) is 23.1 Å². The minimum Gasteiger partial charge on any atom is -0.320 e. The van der Waals surface area contributed by atoms with E-state index in [9.17, 15) is 4.79 Å². The minimum absolute atomic E-state index is 0.169. The number of amides is 1. The van der Waals surface area contributed by atoms with Gasteiger partial charge in [-0.1, -0.05) is 12.1 Å². The molecule has 0 aliphatic heterocycles. The topological polar surface area (TPSA) is 64.7 Å². The molecule has 0 bridgehead atoms. The largest absolute Gasteiger partial charge is 0.320 e. The molecule has 0 radical (unpaired) electrons. The molecule has 4 rings (SSSR count). The summed E-state index contributed by atoms with van der Waals surface area (Å²) < 4.78 is 3.67. The van der Waals surface area contributed by atoms with E-state index in [0.717, 1.165) is 28.5 Å². The molecule has 6 heteroatoms. The van der Waals surface area contributed by atoms with E-state index in [2.05, 4.69) is 15.5 Å². The van der Waals surface area contributed by atoms with Crippen LogP contribution in [-0.4, -0.2) is 25.5 Å². The molecule has 1 N–H and O–H groups in total. The Kier molecular flexibility index (Phi) is 4.53. The van der Waals surface area contributed by atoms with Gasteiger partial charge in [0.2, 0.25) is 0 Å². The maximum absolute atomic E-state index is 12.8. The van der Waals surface area contributed by atoms with Crippen LogP contribution in [0.15, 0.2) is 66.9 Å². The maximum Gasteiger partial charge on any atom is 0.255 e. The lowest BCUT2D eigenvalue weighted by molar-refractivity contribution is 0.102. The fraction of sp³-hybridized carbons (Fsp3) is 0.136. The van der Waals surface area contributed by atoms with Gasteiger partial charge in [-0.15, -0.1) is 0 Å². The summed E-state index contributed by atoms with van der Waals surface area (Å²) in [6.45, 7) is 5.94. The Morgan fingerprint density at radius 2 is 1.64 bits per heavy atom. The molecule has 2 aromatic carbocycles. The molecular weight excluding hydrogens is 350 g/mol. The van der Waals surface area contributed by atoms with Crippen molar-refractivity contribution in [2.45, 2.75) is 20.8 Å². The van der Waals surface area contributed by atoms with E-state index in [1.54, 1.807) is 18.3 Å². The van der Waals surface area contributed by atoms with E-state index in [0.29, 0.717) is 11.3 Å². The first-order valence-corrected chi connectivity index (χ1v) is 9.08. The number of benzene rings is 2. The van der Waals surface area contributed by atoms with Gasteiger partial charge in [0.25, 0.3) is 5.91 Å². The van der Waals surface area contributed by atoms with Crippen LogP contribution in [0.25, 0.3) is 11.4 Å². The number of anilines is 1. The van der Waals surface area contributed by atoms with Gasteiger partial charge in [-0.2, -0.15) is 10.2 Å². The molecule has 4 aromatic rings. The quantitative estimate of drug-likeness (QED) is 0.584. The molecule has 0 aliphatic rings. The summed E-state index contributed by atoms with van der Waals surface area (Å²) in [7, 11) is 0. The van der Waals surface area contributed by atoms with Gasteiger partial charge < -0.3 is 5.32 Å². The molecule has 0 unspecified atom stereocenters. The van der Waals surface area contributed by atoms with Crippen LogP contribution in [0.3, 0.4) is 0 Å². The number of aryl methyl sites for hydroxylation is 3. The fourth-order valence-corrected chi connectivity index (χ4v) is 3.23. The molecule has 1 amide bonds. The number of hydrogen-bond acceptors (Lipinski definition) is 3. The molecule has 6 nitrogen and oxygen atoms in total. The molecular formula is C22H21N5O. The predicted octanol–water partition coefficient (Wildman–Crippen LogP) is 4.24. The van der Waals surface area contributed by atoms with Gasteiger partial charge >= 0.3 is 0 Å². The maximum atomic E-state index is 12.8. The van der Waals surface area contributed by atoms with Crippen LogP contribution >= 0.6 is 0 Å². The second-order valence-electron chi connectivity index (χ2n) is 6.74. The lowest BCUT2D eigenvalue weighted by atomic mass is 10.1. The van der Waals surface area contributed by atoms with Crippen molar-refractivity contribution in [2.24, 2.45) is 0 Å². The minimum atomic E-state index is -0.169. The highest BCUT2D eigenvalue weighted by Crippen LogP contribution is 2.22. The van der Waals surface area contributed by atoms with E-state index in [4.69, 9.17) is 0 Å². The molecule has 2 aromatic heterocycles. The predicted molar refractivity (Wildman–Crippen MR) is 109 cm³/mol. The average molecular weight is 371 g/mol. The van der Waals surface area contributed by atoms with Crippen molar-refractivity contribution in [1.82, 2.24) is 19.6 Å². The Morgan fingerprint density at radius 1 is 0.893 bits per heavy atom. The number of carbonyl (C=O) groups excluding carboxylic acids is 1. The van der Waals surface area contributed by atoms with Gasteiger partial charge in [0.05, 0.1) is 22.8 Å². The molecule has 140 valence electrons. The van der Waals surface area contributed by atoms with Crippen LogP contribution in [0.4, 0.5) is 5.69 Å². The van der Waals surface area contributed by atoms with Gasteiger partial charge in [-0.3, -0.25) is 4.79 Å². The monoisotopic (exact) mass is 371 g/mol. The highest BCUT2D eigenvalue weighted by Gasteiger charge is 2.13. The zero-order valence-corrected chi connectivity index (χ0v) is 16.0. The summed E-state index contributed by atoms with van der Waals surface area (Å²) in [5, 5.41) is 11.8. The number of carbonyl (C=O) groups is 1. The van der Waals surface area contributed by atoms with Crippen molar-refractivity contribution >= 4 is 11.6 Å². The molecule has 0 atom stereocenters. The number of nitrogens with one attached hydrogen (secondary N) is 1. The van der Waals surface area contributed by atoms with Crippen molar-refractivity contribution in [1.29, 1.82) is 0 Å². The Balaban J connectivity index is 1.59. The highest BCUT2D eigenvalue weighted by molar-refractivity contribution is 6.05. The van der Waals surface area contributed by atoms with Crippen molar-refractivity contribution in [3.63, 3.8) is 0 Å². The lowest BCUT2D eigenvalue weighted by Crippen LogP contribution is -2.14. The Bertz CT molecular complexity index is 1140. The van der Waals surface area contributed by atoms with Crippen molar-refractivity contribution in [2.75, 3.05) is 5.32 Å². The third-order valence-electron chi connectivity index (χ3n) is 4.60. The third-order valence-corrected chi connectivity index (χ3v) is 4.60. The van der Waals surface area contributed by atoms with Gasteiger partial charge in [0.15, 0.2) is 0 Å². The second kappa shape index (κ2) is 7.15. The van der Waals surface area contributed by atoms with E-state index >= 15 is 0 Å². The number of aromatic nitrogens is 4. The van der Waals surface area contributed by atoms with Crippen LogP contribution in [0, 0.1) is 20.8 Å². The van der Waals surface area contributed by atoms with E-state index < -0.39 is 0 Å². The zero-order valence-electron chi connectivity index (χ0n) is 16.0. The summed E-state index contributed by atoms with van der Waals surface area (Å²) in [5.41, 5.74) is 6.03. The molecule has 0 fully saturated rings. The van der Waals surface area contributed by atoms with Crippen molar-refractivity contribution < 1.29 is 4.79 Å².